The van der Waals surface area contributed by atoms with Crippen LogP contribution in [0.15, 0.2) is 11.6 Å². The van der Waals surface area contributed by atoms with Crippen LogP contribution in [0.5, 0.6) is 0 Å². The average molecular weight is 281 g/mol. The highest BCUT2D eigenvalue weighted by Crippen LogP contribution is 2.25. The summed E-state index contributed by atoms with van der Waals surface area (Å²) in [7, 11) is 0. The van der Waals surface area contributed by atoms with Gasteiger partial charge < -0.3 is 5.32 Å². The molecule has 0 bridgehead atoms. The number of nitrogens with zero attached hydrogens (tertiary/aromatic N) is 2. The van der Waals surface area contributed by atoms with Gasteiger partial charge in [-0.3, -0.25) is 0 Å². The molecule has 2 rings (SSSR count). The summed E-state index contributed by atoms with van der Waals surface area (Å²) in [6, 6.07) is 0. The van der Waals surface area contributed by atoms with Crippen molar-refractivity contribution in [1.29, 1.82) is 0 Å². The van der Waals surface area contributed by atoms with E-state index < -0.39 is 0 Å². The molecule has 3 nitrogen and oxygen atoms in total. The zero-order chi connectivity index (χ0) is 13.2. The Morgan fingerprint density at radius 3 is 2.61 bits per heavy atom. The molecular weight excluding hydrogens is 262 g/mol. The highest BCUT2D eigenvalue weighted by Gasteiger charge is 2.17. The van der Waals surface area contributed by atoms with Crippen LogP contribution < -0.4 is 5.32 Å². The zero-order valence-electron chi connectivity index (χ0n) is 11.3. The van der Waals surface area contributed by atoms with Gasteiger partial charge in [-0.15, -0.1) is 22.7 Å². The molecule has 0 amide bonds. The van der Waals surface area contributed by atoms with E-state index in [2.05, 4.69) is 48.4 Å². The van der Waals surface area contributed by atoms with E-state index in [0.29, 0.717) is 0 Å². The number of aromatic nitrogens is 2. The van der Waals surface area contributed by atoms with Crippen molar-refractivity contribution >= 4 is 22.7 Å². The maximum Gasteiger partial charge on any atom is 0.107 e. The second-order valence-electron chi connectivity index (χ2n) is 5.36. The van der Waals surface area contributed by atoms with Crippen LogP contribution in [0, 0.1) is 6.92 Å². The minimum Gasteiger partial charge on any atom is -0.305 e. The second kappa shape index (κ2) is 5.47. The standard InChI is InChI=1S/C13H19N3S2/c1-9-5-15-11(18-9)7-14-6-10-8-17-12(16-10)13(2,3)4/h5,8,14H,6-7H2,1-4H3. The minimum atomic E-state index is 0.148. The molecule has 0 aliphatic heterocycles. The third-order valence-electron chi connectivity index (χ3n) is 2.44. The van der Waals surface area contributed by atoms with Gasteiger partial charge in [-0.25, -0.2) is 9.97 Å². The van der Waals surface area contributed by atoms with E-state index in [0.717, 1.165) is 23.8 Å². The van der Waals surface area contributed by atoms with E-state index in [1.807, 2.05) is 6.20 Å². The largest absolute Gasteiger partial charge is 0.305 e. The van der Waals surface area contributed by atoms with Gasteiger partial charge in [0.25, 0.3) is 0 Å². The number of rotatable bonds is 4. The Labute approximate surface area is 116 Å². The first-order chi connectivity index (χ1) is 8.45. The third kappa shape index (κ3) is 3.60. The fourth-order valence-electron chi connectivity index (χ4n) is 1.51. The zero-order valence-corrected chi connectivity index (χ0v) is 12.9. The van der Waals surface area contributed by atoms with Gasteiger partial charge >= 0.3 is 0 Å². The Bertz CT molecular complexity index is 508. The molecule has 0 aliphatic carbocycles. The van der Waals surface area contributed by atoms with Gasteiger partial charge in [0.05, 0.1) is 10.7 Å². The number of hydrogen-bond donors (Lipinski definition) is 1. The Balaban J connectivity index is 1.85. The second-order valence-corrected chi connectivity index (χ2v) is 7.54. The van der Waals surface area contributed by atoms with E-state index in [-0.39, 0.29) is 5.41 Å². The van der Waals surface area contributed by atoms with E-state index in [4.69, 9.17) is 0 Å². The molecule has 18 heavy (non-hydrogen) atoms. The maximum absolute atomic E-state index is 4.66. The van der Waals surface area contributed by atoms with Crippen molar-refractivity contribution in [2.75, 3.05) is 0 Å². The molecule has 0 aromatic carbocycles. The summed E-state index contributed by atoms with van der Waals surface area (Å²) in [6.07, 6.45) is 1.92. The molecule has 2 aromatic rings. The van der Waals surface area contributed by atoms with Crippen molar-refractivity contribution in [3.05, 3.63) is 32.2 Å². The van der Waals surface area contributed by atoms with Crippen LogP contribution in [0.1, 0.15) is 41.4 Å². The third-order valence-corrected chi connectivity index (χ3v) is 4.67. The first-order valence-electron chi connectivity index (χ1n) is 6.02. The number of hydrogen-bond acceptors (Lipinski definition) is 5. The Morgan fingerprint density at radius 1 is 1.28 bits per heavy atom. The van der Waals surface area contributed by atoms with Gasteiger partial charge in [0.2, 0.25) is 0 Å². The van der Waals surface area contributed by atoms with Gasteiger partial charge in [0.1, 0.15) is 5.01 Å². The van der Waals surface area contributed by atoms with Crippen molar-refractivity contribution < 1.29 is 0 Å². The lowest BCUT2D eigenvalue weighted by Crippen LogP contribution is -2.14. The fraction of sp³-hybridized carbons (Fsp3) is 0.538. The summed E-state index contributed by atoms with van der Waals surface area (Å²) in [6.45, 7) is 10.3. The highest BCUT2D eigenvalue weighted by molar-refractivity contribution is 7.11. The quantitative estimate of drug-likeness (QED) is 0.932. The molecule has 0 radical (unpaired) electrons. The van der Waals surface area contributed by atoms with Crippen molar-refractivity contribution in [2.45, 2.75) is 46.2 Å². The smallest absolute Gasteiger partial charge is 0.107 e. The van der Waals surface area contributed by atoms with Gasteiger partial charge in [-0.1, -0.05) is 20.8 Å². The van der Waals surface area contributed by atoms with Crippen LogP contribution in [0.4, 0.5) is 0 Å². The normalized spacial score (nSPS) is 12.0. The summed E-state index contributed by atoms with van der Waals surface area (Å²) in [4.78, 5) is 10.2. The monoisotopic (exact) mass is 281 g/mol. The van der Waals surface area contributed by atoms with E-state index in [1.165, 1.54) is 9.88 Å². The SMILES string of the molecule is Cc1cnc(CNCc2csc(C(C)(C)C)n2)s1. The molecule has 0 saturated carbocycles. The first-order valence-corrected chi connectivity index (χ1v) is 7.71. The van der Waals surface area contributed by atoms with Gasteiger partial charge in [0, 0.05) is 35.0 Å². The van der Waals surface area contributed by atoms with Crippen LogP contribution in [-0.2, 0) is 18.5 Å². The van der Waals surface area contributed by atoms with E-state index in [1.54, 1.807) is 22.7 Å². The molecule has 2 aromatic heterocycles. The van der Waals surface area contributed by atoms with Gasteiger partial charge in [0.15, 0.2) is 0 Å². The molecule has 0 atom stereocenters. The number of thiazole rings is 2. The predicted octanol–water partition coefficient (Wildman–Crippen LogP) is 3.50. The molecule has 98 valence electrons. The highest BCUT2D eigenvalue weighted by atomic mass is 32.1. The lowest BCUT2D eigenvalue weighted by atomic mass is 9.98. The van der Waals surface area contributed by atoms with Crippen molar-refractivity contribution in [3.8, 4) is 0 Å². The summed E-state index contributed by atoms with van der Waals surface area (Å²) < 4.78 is 0. The van der Waals surface area contributed by atoms with Gasteiger partial charge in [-0.2, -0.15) is 0 Å². The van der Waals surface area contributed by atoms with Crippen LogP contribution in [0.2, 0.25) is 0 Å². The van der Waals surface area contributed by atoms with Crippen LogP contribution in [0.3, 0.4) is 0 Å². The lowest BCUT2D eigenvalue weighted by Gasteiger charge is -2.13. The van der Waals surface area contributed by atoms with Gasteiger partial charge in [-0.05, 0) is 6.92 Å². The number of nitrogens with one attached hydrogen (secondary N) is 1. The molecule has 2 heterocycles. The van der Waals surface area contributed by atoms with Crippen LogP contribution in [-0.4, -0.2) is 9.97 Å². The lowest BCUT2D eigenvalue weighted by molar-refractivity contribution is 0.579. The van der Waals surface area contributed by atoms with Crippen LogP contribution in [0.25, 0.3) is 0 Å². The molecule has 5 heteroatoms. The molecule has 1 N–H and O–H groups in total. The van der Waals surface area contributed by atoms with E-state index in [9.17, 15) is 0 Å². The molecular formula is C13H19N3S2. The summed E-state index contributed by atoms with van der Waals surface area (Å²) in [5.74, 6) is 0. The topological polar surface area (TPSA) is 37.8 Å². The predicted molar refractivity (Wildman–Crippen MR) is 78.2 cm³/mol. The Hall–Kier alpha value is -0.780. The maximum atomic E-state index is 4.66. The van der Waals surface area contributed by atoms with Crippen molar-refractivity contribution in [3.63, 3.8) is 0 Å². The molecule has 0 spiro atoms. The fourth-order valence-corrected chi connectivity index (χ4v) is 3.18. The van der Waals surface area contributed by atoms with E-state index >= 15 is 0 Å². The summed E-state index contributed by atoms with van der Waals surface area (Å²) in [5, 5.41) is 7.86. The first kappa shape index (κ1) is 13.6. The molecule has 0 saturated heterocycles. The molecule has 0 fully saturated rings. The molecule has 0 aliphatic rings. The minimum absolute atomic E-state index is 0.148. The summed E-state index contributed by atoms with van der Waals surface area (Å²) >= 11 is 3.48. The Kier molecular flexibility index (Phi) is 4.14. The Morgan fingerprint density at radius 2 is 2.06 bits per heavy atom. The number of aryl methyl sites for hydroxylation is 1. The summed E-state index contributed by atoms with van der Waals surface area (Å²) in [5.41, 5.74) is 1.27. The average Bonchev–Trinajstić information content (AvgIpc) is 2.87. The van der Waals surface area contributed by atoms with Crippen LogP contribution >= 0.6 is 22.7 Å². The van der Waals surface area contributed by atoms with Crippen molar-refractivity contribution in [2.24, 2.45) is 0 Å². The van der Waals surface area contributed by atoms with Crippen molar-refractivity contribution in [1.82, 2.24) is 15.3 Å². The molecule has 0 unspecified atom stereocenters.